The number of carbonyl (C=O) groups is 3. The van der Waals surface area contributed by atoms with Crippen molar-refractivity contribution < 1.29 is 14.4 Å². The first-order chi connectivity index (χ1) is 15.5. The lowest BCUT2D eigenvalue weighted by Gasteiger charge is -2.37. The predicted octanol–water partition coefficient (Wildman–Crippen LogP) is 3.59. The average Bonchev–Trinajstić information content (AvgIpc) is 3.37. The van der Waals surface area contributed by atoms with Crippen molar-refractivity contribution in [1.82, 2.24) is 15.1 Å². The number of likely N-dealkylation sites (tertiary alicyclic amines) is 1. The van der Waals surface area contributed by atoms with Gasteiger partial charge >= 0.3 is 0 Å². The summed E-state index contributed by atoms with van der Waals surface area (Å²) in [7, 11) is 0. The molecule has 1 aromatic carbocycles. The van der Waals surface area contributed by atoms with E-state index in [1.54, 1.807) is 11.0 Å². The number of hydrogen-bond acceptors (Lipinski definition) is 4. The van der Waals surface area contributed by atoms with E-state index in [1.807, 2.05) is 60.5 Å². The maximum absolute atomic E-state index is 13.2. The Balaban J connectivity index is 1.60. The Morgan fingerprint density at radius 1 is 1.06 bits per heavy atom. The second kappa shape index (κ2) is 11.8. The van der Waals surface area contributed by atoms with Crippen LogP contribution in [0.2, 0.25) is 0 Å². The molecule has 2 heterocycles. The average molecular weight is 456 g/mol. The number of hydrogen-bond donors (Lipinski definition) is 1. The van der Waals surface area contributed by atoms with Gasteiger partial charge in [0.15, 0.2) is 0 Å². The Labute approximate surface area is 194 Å². The summed E-state index contributed by atoms with van der Waals surface area (Å²) in [4.78, 5) is 42.9. The molecule has 1 fully saturated rings. The van der Waals surface area contributed by atoms with Crippen LogP contribution < -0.4 is 5.32 Å². The number of carbonyl (C=O) groups excluding carboxylic acids is 3. The van der Waals surface area contributed by atoms with Gasteiger partial charge in [-0.25, -0.2) is 0 Å². The van der Waals surface area contributed by atoms with Crippen molar-refractivity contribution in [3.8, 4) is 0 Å². The molecular formula is C25H33N3O3S. The second-order valence-electron chi connectivity index (χ2n) is 8.14. The highest BCUT2D eigenvalue weighted by Crippen LogP contribution is 2.24. The molecule has 1 aromatic heterocycles. The molecule has 0 aliphatic carbocycles. The van der Waals surface area contributed by atoms with Crippen LogP contribution >= 0.6 is 11.3 Å². The van der Waals surface area contributed by atoms with Crippen LogP contribution in [-0.4, -0.2) is 59.7 Å². The summed E-state index contributed by atoms with van der Waals surface area (Å²) in [6.45, 7) is 6.36. The van der Waals surface area contributed by atoms with E-state index in [9.17, 15) is 14.4 Å². The van der Waals surface area contributed by atoms with Gasteiger partial charge in [0.05, 0.1) is 4.88 Å². The van der Waals surface area contributed by atoms with Gasteiger partial charge in [-0.1, -0.05) is 36.4 Å². The number of nitrogens with zero attached hydrogens (tertiary/aromatic N) is 2. The quantitative estimate of drug-likeness (QED) is 0.628. The molecule has 0 saturated carbocycles. The normalized spacial score (nSPS) is 15.2. The number of thiophene rings is 1. The van der Waals surface area contributed by atoms with Crippen LogP contribution in [0.1, 0.15) is 48.3 Å². The van der Waals surface area contributed by atoms with E-state index < -0.39 is 6.04 Å². The fourth-order valence-corrected chi connectivity index (χ4v) is 4.90. The summed E-state index contributed by atoms with van der Waals surface area (Å²) < 4.78 is 0. The largest absolute Gasteiger partial charge is 0.343 e. The van der Waals surface area contributed by atoms with Gasteiger partial charge in [-0.3, -0.25) is 14.4 Å². The van der Waals surface area contributed by atoms with Gasteiger partial charge in [-0.15, -0.1) is 11.3 Å². The molecule has 0 radical (unpaired) electrons. The zero-order valence-electron chi connectivity index (χ0n) is 19.0. The number of nitrogens with one attached hydrogen (secondary N) is 1. The van der Waals surface area contributed by atoms with Gasteiger partial charge in [0, 0.05) is 32.6 Å². The lowest BCUT2D eigenvalue weighted by Crippen LogP contribution is -2.54. The van der Waals surface area contributed by atoms with Crippen LogP contribution in [0.4, 0.5) is 0 Å². The maximum atomic E-state index is 13.2. The van der Waals surface area contributed by atoms with Gasteiger partial charge < -0.3 is 15.1 Å². The van der Waals surface area contributed by atoms with E-state index in [4.69, 9.17) is 0 Å². The summed E-state index contributed by atoms with van der Waals surface area (Å²) in [5, 5.41) is 4.86. The SMILES string of the molecule is CCN(CC)C(=O)C(NC(=O)c1cccs1)C1CCN(C(=O)CCc2ccccc2)CC1. The minimum absolute atomic E-state index is 0.0187. The van der Waals surface area contributed by atoms with E-state index in [-0.39, 0.29) is 23.6 Å². The van der Waals surface area contributed by atoms with Gasteiger partial charge in [0.25, 0.3) is 5.91 Å². The molecule has 1 atom stereocenters. The number of likely N-dealkylation sites (N-methyl/N-ethyl adjacent to an activating group) is 1. The number of aryl methyl sites for hydroxylation is 1. The summed E-state index contributed by atoms with van der Waals surface area (Å²) >= 11 is 1.37. The first-order valence-electron chi connectivity index (χ1n) is 11.5. The third kappa shape index (κ3) is 6.19. The topological polar surface area (TPSA) is 69.7 Å². The van der Waals surface area contributed by atoms with E-state index in [1.165, 1.54) is 11.3 Å². The lowest BCUT2D eigenvalue weighted by atomic mass is 9.88. The van der Waals surface area contributed by atoms with Crippen LogP contribution in [0.25, 0.3) is 0 Å². The Hall–Kier alpha value is -2.67. The molecule has 1 aliphatic heterocycles. The van der Waals surface area contributed by atoms with Crippen LogP contribution in [0, 0.1) is 5.92 Å². The minimum Gasteiger partial charge on any atom is -0.343 e. The van der Waals surface area contributed by atoms with Crippen LogP contribution in [0.5, 0.6) is 0 Å². The Bertz CT molecular complexity index is 873. The van der Waals surface area contributed by atoms with Gasteiger partial charge in [0.2, 0.25) is 11.8 Å². The van der Waals surface area contributed by atoms with Crippen molar-refractivity contribution in [3.63, 3.8) is 0 Å². The summed E-state index contributed by atoms with van der Waals surface area (Å²) in [6, 6.07) is 13.1. The molecule has 0 spiro atoms. The standard InChI is InChI=1S/C25H33N3O3S/c1-3-27(4-2)25(31)23(26-24(30)21-11-8-18-32-21)20-14-16-28(17-15-20)22(29)13-12-19-9-6-5-7-10-19/h5-11,18,20,23H,3-4,12-17H2,1-2H3,(H,26,30). The number of benzene rings is 1. The monoisotopic (exact) mass is 455 g/mol. The lowest BCUT2D eigenvalue weighted by molar-refractivity contribution is -0.136. The fourth-order valence-electron chi connectivity index (χ4n) is 4.27. The van der Waals surface area contributed by atoms with Crippen LogP contribution in [0.15, 0.2) is 47.8 Å². The maximum Gasteiger partial charge on any atom is 0.262 e. The Kier molecular flexibility index (Phi) is 8.85. The van der Waals surface area contributed by atoms with Crippen LogP contribution in [-0.2, 0) is 16.0 Å². The molecule has 1 saturated heterocycles. The van der Waals surface area contributed by atoms with E-state index >= 15 is 0 Å². The summed E-state index contributed by atoms with van der Waals surface area (Å²) in [6.07, 6.45) is 2.64. The highest BCUT2D eigenvalue weighted by molar-refractivity contribution is 7.12. The number of piperidine rings is 1. The van der Waals surface area contributed by atoms with Crippen molar-refractivity contribution in [2.45, 2.75) is 45.6 Å². The molecule has 2 aromatic rings. The van der Waals surface area contributed by atoms with E-state index in [2.05, 4.69) is 5.32 Å². The van der Waals surface area contributed by atoms with Crippen molar-refractivity contribution in [3.05, 3.63) is 58.3 Å². The number of rotatable bonds is 9. The summed E-state index contributed by atoms with van der Waals surface area (Å²) in [5.74, 6) is -0.0626. The zero-order chi connectivity index (χ0) is 22.9. The van der Waals surface area contributed by atoms with Crippen molar-refractivity contribution in [2.24, 2.45) is 5.92 Å². The third-order valence-corrected chi connectivity index (χ3v) is 7.08. The van der Waals surface area contributed by atoms with Gasteiger partial charge in [-0.2, -0.15) is 0 Å². The molecule has 32 heavy (non-hydrogen) atoms. The highest BCUT2D eigenvalue weighted by atomic mass is 32.1. The van der Waals surface area contributed by atoms with Crippen LogP contribution in [0.3, 0.4) is 0 Å². The van der Waals surface area contributed by atoms with Crippen molar-refractivity contribution in [1.29, 1.82) is 0 Å². The molecule has 1 aliphatic rings. The fraction of sp³-hybridized carbons (Fsp3) is 0.480. The number of amides is 3. The first-order valence-corrected chi connectivity index (χ1v) is 12.4. The molecule has 7 heteroatoms. The summed E-state index contributed by atoms with van der Waals surface area (Å²) in [5.41, 5.74) is 1.16. The molecule has 6 nitrogen and oxygen atoms in total. The smallest absolute Gasteiger partial charge is 0.262 e. The molecule has 3 amide bonds. The Morgan fingerprint density at radius 2 is 1.75 bits per heavy atom. The van der Waals surface area contributed by atoms with Gasteiger partial charge in [0.1, 0.15) is 6.04 Å². The zero-order valence-corrected chi connectivity index (χ0v) is 19.8. The highest BCUT2D eigenvalue weighted by Gasteiger charge is 2.35. The van der Waals surface area contributed by atoms with Crippen molar-refractivity contribution in [2.75, 3.05) is 26.2 Å². The molecule has 172 valence electrons. The second-order valence-corrected chi connectivity index (χ2v) is 9.09. The van der Waals surface area contributed by atoms with Gasteiger partial charge in [-0.05, 0) is 56.0 Å². The molecule has 1 N–H and O–H groups in total. The van der Waals surface area contributed by atoms with E-state index in [0.717, 1.165) is 12.0 Å². The third-order valence-electron chi connectivity index (χ3n) is 6.21. The first kappa shape index (κ1) is 24.0. The van der Waals surface area contributed by atoms with E-state index in [0.29, 0.717) is 50.3 Å². The molecule has 3 rings (SSSR count). The van der Waals surface area contributed by atoms with Crippen molar-refractivity contribution >= 4 is 29.1 Å². The molecular weight excluding hydrogens is 422 g/mol. The Morgan fingerprint density at radius 3 is 2.34 bits per heavy atom. The molecule has 0 bridgehead atoms. The molecule has 1 unspecified atom stereocenters. The predicted molar refractivity (Wildman–Crippen MR) is 128 cm³/mol. The minimum atomic E-state index is -0.564.